The number of ether oxygens (including phenoxy) is 3. The molecule has 170 valence electrons. The van der Waals surface area contributed by atoms with Crippen molar-refractivity contribution in [3.05, 3.63) is 82.9 Å². The molecule has 0 spiro atoms. The van der Waals surface area contributed by atoms with Crippen LogP contribution in [-0.2, 0) is 27.1 Å². The molecular formula is C27H30F2O3. The lowest BCUT2D eigenvalue weighted by molar-refractivity contribution is -0.230. The number of unbranched alkanes of at least 4 members (excludes halogenated alkanes) is 2. The van der Waals surface area contributed by atoms with E-state index in [-0.39, 0.29) is 17.7 Å². The molecule has 3 nitrogen and oxygen atoms in total. The van der Waals surface area contributed by atoms with Crippen LogP contribution in [0.25, 0.3) is 10.8 Å². The van der Waals surface area contributed by atoms with Crippen LogP contribution in [0.1, 0.15) is 49.2 Å². The molecule has 3 aromatic carbocycles. The summed E-state index contributed by atoms with van der Waals surface area (Å²) >= 11 is 0. The summed E-state index contributed by atoms with van der Waals surface area (Å²) in [4.78, 5) is 0. The van der Waals surface area contributed by atoms with Gasteiger partial charge in [0.1, 0.15) is 17.7 Å². The monoisotopic (exact) mass is 440 g/mol. The summed E-state index contributed by atoms with van der Waals surface area (Å²) in [6.45, 7) is 3.88. The van der Waals surface area contributed by atoms with Crippen LogP contribution < -0.4 is 0 Å². The van der Waals surface area contributed by atoms with E-state index in [2.05, 4.69) is 6.92 Å². The molecular weight excluding hydrogens is 410 g/mol. The van der Waals surface area contributed by atoms with E-state index in [1.54, 1.807) is 18.2 Å². The minimum absolute atomic E-state index is 0.0373. The maximum atomic E-state index is 15.1. The second kappa shape index (κ2) is 11.0. The quantitative estimate of drug-likeness (QED) is 0.354. The van der Waals surface area contributed by atoms with Crippen molar-refractivity contribution in [2.45, 2.75) is 51.4 Å². The fourth-order valence-electron chi connectivity index (χ4n) is 4.00. The van der Waals surface area contributed by atoms with E-state index in [9.17, 15) is 4.39 Å². The maximum absolute atomic E-state index is 15.1. The fourth-order valence-corrected chi connectivity index (χ4v) is 4.00. The van der Waals surface area contributed by atoms with Gasteiger partial charge in [-0.15, -0.1) is 0 Å². The summed E-state index contributed by atoms with van der Waals surface area (Å²) in [6.07, 6.45) is 4.11. The van der Waals surface area contributed by atoms with Crippen molar-refractivity contribution in [1.82, 2.24) is 0 Å². The van der Waals surface area contributed by atoms with E-state index in [1.165, 1.54) is 25.0 Å². The molecule has 0 radical (unpaired) electrons. The second-order valence-corrected chi connectivity index (χ2v) is 8.34. The van der Waals surface area contributed by atoms with Gasteiger partial charge in [0.2, 0.25) is 0 Å². The number of hydrogen-bond acceptors (Lipinski definition) is 3. The summed E-state index contributed by atoms with van der Waals surface area (Å²) < 4.78 is 45.7. The van der Waals surface area contributed by atoms with Gasteiger partial charge in [-0.25, -0.2) is 8.78 Å². The average Bonchev–Trinajstić information content (AvgIpc) is 2.83. The molecule has 0 bridgehead atoms. The van der Waals surface area contributed by atoms with Gasteiger partial charge in [0.25, 0.3) is 0 Å². The van der Waals surface area contributed by atoms with Crippen molar-refractivity contribution < 1.29 is 23.0 Å². The zero-order valence-corrected chi connectivity index (χ0v) is 18.5. The van der Waals surface area contributed by atoms with Gasteiger partial charge in [0, 0.05) is 17.6 Å². The lowest BCUT2D eigenvalue weighted by Gasteiger charge is -2.29. The normalized spacial score (nSPS) is 18.8. The molecule has 0 unspecified atom stereocenters. The molecule has 0 aromatic heterocycles. The van der Waals surface area contributed by atoms with Gasteiger partial charge in [-0.1, -0.05) is 56.2 Å². The Kier molecular flexibility index (Phi) is 7.85. The first-order chi connectivity index (χ1) is 15.6. The van der Waals surface area contributed by atoms with Crippen LogP contribution in [0.4, 0.5) is 8.78 Å². The summed E-state index contributed by atoms with van der Waals surface area (Å²) in [6, 6.07) is 15.7. The molecule has 1 saturated heterocycles. The van der Waals surface area contributed by atoms with E-state index in [1.807, 2.05) is 24.3 Å². The third kappa shape index (κ3) is 5.71. The molecule has 0 aliphatic carbocycles. The van der Waals surface area contributed by atoms with Crippen LogP contribution >= 0.6 is 0 Å². The SMILES string of the molecule is CCCCCOC1COC(c2ccc3c(F)c(CCc4ccc(F)cc4)ccc3c2)OC1. The molecule has 0 atom stereocenters. The van der Waals surface area contributed by atoms with Gasteiger partial charge in [-0.05, 0) is 54.0 Å². The summed E-state index contributed by atoms with van der Waals surface area (Å²) in [7, 11) is 0. The molecule has 1 aliphatic rings. The maximum Gasteiger partial charge on any atom is 0.184 e. The largest absolute Gasteiger partial charge is 0.373 e. The van der Waals surface area contributed by atoms with Crippen LogP contribution in [0.5, 0.6) is 0 Å². The van der Waals surface area contributed by atoms with Crippen molar-refractivity contribution in [3.63, 3.8) is 0 Å². The van der Waals surface area contributed by atoms with Gasteiger partial charge < -0.3 is 14.2 Å². The Hall–Kier alpha value is -2.34. The molecule has 0 N–H and O–H groups in total. The first kappa shape index (κ1) is 22.8. The topological polar surface area (TPSA) is 27.7 Å². The average molecular weight is 441 g/mol. The van der Waals surface area contributed by atoms with Crippen molar-refractivity contribution >= 4 is 10.8 Å². The highest BCUT2D eigenvalue weighted by molar-refractivity contribution is 5.84. The number of hydrogen-bond donors (Lipinski definition) is 0. The number of fused-ring (bicyclic) bond motifs is 1. The predicted octanol–water partition coefficient (Wildman–Crippen LogP) is 6.52. The molecule has 1 fully saturated rings. The van der Waals surface area contributed by atoms with E-state index >= 15 is 4.39 Å². The first-order valence-corrected chi connectivity index (χ1v) is 11.4. The summed E-state index contributed by atoms with van der Waals surface area (Å²) in [5.74, 6) is -0.468. The Morgan fingerprint density at radius 3 is 2.44 bits per heavy atom. The smallest absolute Gasteiger partial charge is 0.184 e. The minimum atomic E-state index is -0.462. The molecule has 0 saturated carbocycles. The van der Waals surface area contributed by atoms with Crippen LogP contribution in [0, 0.1) is 11.6 Å². The summed E-state index contributed by atoms with van der Waals surface area (Å²) in [5, 5.41) is 1.40. The third-order valence-corrected chi connectivity index (χ3v) is 5.89. The molecule has 4 rings (SSSR count). The van der Waals surface area contributed by atoms with Crippen LogP contribution in [0.3, 0.4) is 0 Å². The zero-order valence-electron chi connectivity index (χ0n) is 18.5. The Labute approximate surface area is 188 Å². The molecule has 1 aliphatic heterocycles. The standard InChI is InChI=1S/C27H30F2O3/c1-2-3-4-15-30-24-17-31-27(32-18-24)22-11-14-25-21(16-22)10-9-20(26(25)29)8-5-19-6-12-23(28)13-7-19/h6-7,9-14,16,24,27H,2-5,8,15,17-18H2,1H3. The van der Waals surface area contributed by atoms with Crippen LogP contribution in [-0.4, -0.2) is 25.9 Å². The highest BCUT2D eigenvalue weighted by Gasteiger charge is 2.24. The van der Waals surface area contributed by atoms with Gasteiger partial charge >= 0.3 is 0 Å². The van der Waals surface area contributed by atoms with Gasteiger partial charge in [0.15, 0.2) is 6.29 Å². The highest BCUT2D eigenvalue weighted by atomic mass is 19.1. The van der Waals surface area contributed by atoms with Crippen molar-refractivity contribution in [3.8, 4) is 0 Å². The van der Waals surface area contributed by atoms with Crippen LogP contribution in [0.2, 0.25) is 0 Å². The molecule has 3 aromatic rings. The molecule has 1 heterocycles. The lowest BCUT2D eigenvalue weighted by atomic mass is 9.99. The van der Waals surface area contributed by atoms with E-state index in [0.29, 0.717) is 37.0 Å². The lowest BCUT2D eigenvalue weighted by Crippen LogP contribution is -2.33. The van der Waals surface area contributed by atoms with E-state index < -0.39 is 6.29 Å². The second-order valence-electron chi connectivity index (χ2n) is 8.34. The number of aryl methyl sites for hydroxylation is 2. The van der Waals surface area contributed by atoms with Gasteiger partial charge in [-0.2, -0.15) is 0 Å². The van der Waals surface area contributed by atoms with Gasteiger partial charge in [-0.3, -0.25) is 0 Å². The Morgan fingerprint density at radius 2 is 1.69 bits per heavy atom. The first-order valence-electron chi connectivity index (χ1n) is 11.4. The summed E-state index contributed by atoms with van der Waals surface area (Å²) in [5.41, 5.74) is 2.52. The minimum Gasteiger partial charge on any atom is -0.373 e. The number of rotatable bonds is 9. The fraction of sp³-hybridized carbons (Fsp3) is 0.407. The van der Waals surface area contributed by atoms with Crippen molar-refractivity contribution in [1.29, 1.82) is 0 Å². The van der Waals surface area contributed by atoms with E-state index in [0.717, 1.165) is 29.5 Å². The molecule has 0 amide bonds. The Balaban J connectivity index is 1.37. The highest BCUT2D eigenvalue weighted by Crippen LogP contribution is 2.29. The number of benzene rings is 3. The zero-order chi connectivity index (χ0) is 22.3. The Bertz CT molecular complexity index is 1010. The van der Waals surface area contributed by atoms with E-state index in [4.69, 9.17) is 14.2 Å². The third-order valence-electron chi connectivity index (χ3n) is 5.89. The number of halogens is 2. The molecule has 32 heavy (non-hydrogen) atoms. The Morgan fingerprint density at radius 1 is 0.906 bits per heavy atom. The van der Waals surface area contributed by atoms with Crippen molar-refractivity contribution in [2.24, 2.45) is 0 Å². The molecule has 5 heteroatoms. The predicted molar refractivity (Wildman–Crippen MR) is 122 cm³/mol. The van der Waals surface area contributed by atoms with Crippen molar-refractivity contribution in [2.75, 3.05) is 19.8 Å². The van der Waals surface area contributed by atoms with Crippen LogP contribution in [0.15, 0.2) is 54.6 Å². The van der Waals surface area contributed by atoms with Gasteiger partial charge in [0.05, 0.1) is 13.2 Å².